The van der Waals surface area contributed by atoms with Gasteiger partial charge in [-0.1, -0.05) is 61.8 Å². The number of nitrogens with one attached hydrogen (secondary N) is 1. The van der Waals surface area contributed by atoms with Crippen molar-refractivity contribution in [1.29, 1.82) is 0 Å². The van der Waals surface area contributed by atoms with E-state index in [1.165, 1.54) is 0 Å². The van der Waals surface area contributed by atoms with Crippen molar-refractivity contribution in [2.45, 2.75) is 33.2 Å². The van der Waals surface area contributed by atoms with Crippen molar-refractivity contribution in [3.05, 3.63) is 59.1 Å². The van der Waals surface area contributed by atoms with Crippen LogP contribution in [0.3, 0.4) is 0 Å². The summed E-state index contributed by atoms with van der Waals surface area (Å²) >= 11 is 6.04. The highest BCUT2D eigenvalue weighted by Crippen LogP contribution is 2.23. The Morgan fingerprint density at radius 3 is 2.44 bits per heavy atom. The quantitative estimate of drug-likeness (QED) is 0.722. The molecular formula is C21H27ClN2O. The monoisotopic (exact) mass is 358 g/mol. The SMILES string of the molecule is CC(C)C[C@H](CN)CC(=O)NCc1ccc(-c2cccc(Cl)c2)cc1. The van der Waals surface area contributed by atoms with Gasteiger partial charge in [-0.2, -0.15) is 0 Å². The van der Waals surface area contributed by atoms with Gasteiger partial charge in [0.25, 0.3) is 0 Å². The molecule has 0 aliphatic heterocycles. The first kappa shape index (κ1) is 19.5. The number of carbonyl (C=O) groups excluding carboxylic acids is 1. The number of benzene rings is 2. The summed E-state index contributed by atoms with van der Waals surface area (Å²) in [7, 11) is 0. The lowest BCUT2D eigenvalue weighted by atomic mass is 9.94. The molecular weight excluding hydrogens is 332 g/mol. The Labute approximate surface area is 155 Å². The third kappa shape index (κ3) is 6.52. The van der Waals surface area contributed by atoms with Gasteiger partial charge >= 0.3 is 0 Å². The fourth-order valence-electron chi connectivity index (χ4n) is 2.95. The van der Waals surface area contributed by atoms with Crippen molar-refractivity contribution in [3.63, 3.8) is 0 Å². The Morgan fingerprint density at radius 1 is 1.12 bits per heavy atom. The molecule has 3 N–H and O–H groups in total. The second-order valence-electron chi connectivity index (χ2n) is 6.92. The lowest BCUT2D eigenvalue weighted by Gasteiger charge is -2.16. The molecule has 1 atom stereocenters. The van der Waals surface area contributed by atoms with Crippen LogP contribution in [0.4, 0.5) is 0 Å². The molecule has 0 heterocycles. The van der Waals surface area contributed by atoms with Crippen molar-refractivity contribution < 1.29 is 4.79 Å². The number of halogens is 1. The van der Waals surface area contributed by atoms with E-state index < -0.39 is 0 Å². The van der Waals surface area contributed by atoms with Crippen molar-refractivity contribution in [2.24, 2.45) is 17.6 Å². The smallest absolute Gasteiger partial charge is 0.220 e. The largest absolute Gasteiger partial charge is 0.352 e. The minimum absolute atomic E-state index is 0.0648. The van der Waals surface area contributed by atoms with Crippen LogP contribution in [0.5, 0.6) is 0 Å². The van der Waals surface area contributed by atoms with Crippen molar-refractivity contribution in [1.82, 2.24) is 5.32 Å². The molecule has 4 heteroatoms. The summed E-state index contributed by atoms with van der Waals surface area (Å²) in [5, 5.41) is 3.72. The van der Waals surface area contributed by atoms with Gasteiger partial charge < -0.3 is 11.1 Å². The normalized spacial score (nSPS) is 12.2. The Kier molecular flexibility index (Phi) is 7.48. The van der Waals surface area contributed by atoms with Gasteiger partial charge in [0.15, 0.2) is 0 Å². The molecule has 25 heavy (non-hydrogen) atoms. The van der Waals surface area contributed by atoms with Gasteiger partial charge in [-0.15, -0.1) is 0 Å². The van der Waals surface area contributed by atoms with Crippen LogP contribution in [0, 0.1) is 11.8 Å². The van der Waals surface area contributed by atoms with Crippen LogP contribution in [0.15, 0.2) is 48.5 Å². The highest BCUT2D eigenvalue weighted by atomic mass is 35.5. The van der Waals surface area contributed by atoms with Gasteiger partial charge in [0, 0.05) is 18.0 Å². The third-order valence-electron chi connectivity index (χ3n) is 4.21. The van der Waals surface area contributed by atoms with Gasteiger partial charge in [0.1, 0.15) is 0 Å². The standard InChI is InChI=1S/C21H27ClN2O/c1-15(2)10-17(13-23)11-21(25)24-14-16-6-8-18(9-7-16)19-4-3-5-20(22)12-19/h3-9,12,15,17H,10-11,13-14,23H2,1-2H3,(H,24,25)/t17-/m0/s1. The molecule has 0 saturated carbocycles. The van der Waals surface area contributed by atoms with Gasteiger partial charge in [-0.25, -0.2) is 0 Å². The number of nitrogens with two attached hydrogens (primary N) is 1. The summed E-state index contributed by atoms with van der Waals surface area (Å²) in [4.78, 5) is 12.1. The minimum Gasteiger partial charge on any atom is -0.352 e. The van der Waals surface area contributed by atoms with Crippen LogP contribution in [-0.2, 0) is 11.3 Å². The Balaban J connectivity index is 1.88. The topological polar surface area (TPSA) is 55.1 Å². The van der Waals surface area contributed by atoms with E-state index in [2.05, 4.69) is 31.3 Å². The minimum atomic E-state index is 0.0648. The predicted octanol–water partition coefficient (Wildman–Crippen LogP) is 4.63. The van der Waals surface area contributed by atoms with Gasteiger partial charge in [-0.3, -0.25) is 4.79 Å². The highest BCUT2D eigenvalue weighted by molar-refractivity contribution is 6.30. The Hall–Kier alpha value is -1.84. The lowest BCUT2D eigenvalue weighted by Crippen LogP contribution is -2.28. The molecule has 3 nitrogen and oxygen atoms in total. The Morgan fingerprint density at radius 2 is 1.84 bits per heavy atom. The van der Waals surface area contributed by atoms with Crippen LogP contribution in [0.2, 0.25) is 5.02 Å². The third-order valence-corrected chi connectivity index (χ3v) is 4.45. The molecule has 2 aromatic carbocycles. The van der Waals surface area contributed by atoms with Crippen molar-refractivity contribution in [3.8, 4) is 11.1 Å². The lowest BCUT2D eigenvalue weighted by molar-refractivity contribution is -0.122. The van der Waals surface area contributed by atoms with Crippen LogP contribution in [0.25, 0.3) is 11.1 Å². The molecule has 134 valence electrons. The molecule has 0 unspecified atom stereocenters. The van der Waals surface area contributed by atoms with Crippen LogP contribution in [-0.4, -0.2) is 12.5 Å². The van der Waals surface area contributed by atoms with Crippen molar-refractivity contribution in [2.75, 3.05) is 6.54 Å². The second kappa shape index (κ2) is 9.59. The van der Waals surface area contributed by atoms with E-state index in [4.69, 9.17) is 17.3 Å². The van der Waals surface area contributed by atoms with Gasteiger partial charge in [0.05, 0.1) is 0 Å². The maximum atomic E-state index is 12.1. The number of amides is 1. The molecule has 0 aliphatic carbocycles. The molecule has 2 rings (SSSR count). The molecule has 1 amide bonds. The summed E-state index contributed by atoms with van der Waals surface area (Å²) in [6, 6.07) is 15.9. The summed E-state index contributed by atoms with van der Waals surface area (Å²) in [5.74, 6) is 0.876. The zero-order valence-electron chi connectivity index (χ0n) is 15.0. The second-order valence-corrected chi connectivity index (χ2v) is 7.36. The Bertz CT molecular complexity index is 683. The summed E-state index contributed by atoms with van der Waals surface area (Å²) in [6.45, 7) is 5.40. The van der Waals surface area contributed by atoms with E-state index in [1.807, 2.05) is 36.4 Å². The number of hydrogen-bond acceptors (Lipinski definition) is 2. The van der Waals surface area contributed by atoms with Crippen LogP contribution >= 0.6 is 11.6 Å². The van der Waals surface area contributed by atoms with E-state index in [0.29, 0.717) is 25.4 Å². The predicted molar refractivity (Wildman–Crippen MR) is 105 cm³/mol. The summed E-state index contributed by atoms with van der Waals surface area (Å²) < 4.78 is 0. The van der Waals surface area contributed by atoms with Crippen LogP contribution < -0.4 is 11.1 Å². The molecule has 0 radical (unpaired) electrons. The van der Waals surface area contributed by atoms with E-state index in [0.717, 1.165) is 28.1 Å². The molecule has 0 aliphatic rings. The zero-order chi connectivity index (χ0) is 18.2. The molecule has 2 aromatic rings. The maximum absolute atomic E-state index is 12.1. The fourth-order valence-corrected chi connectivity index (χ4v) is 3.14. The van der Waals surface area contributed by atoms with E-state index in [1.54, 1.807) is 0 Å². The van der Waals surface area contributed by atoms with Crippen LogP contribution in [0.1, 0.15) is 32.3 Å². The van der Waals surface area contributed by atoms with Gasteiger partial charge in [0.2, 0.25) is 5.91 Å². The average molecular weight is 359 g/mol. The highest BCUT2D eigenvalue weighted by Gasteiger charge is 2.13. The fraction of sp³-hybridized carbons (Fsp3) is 0.381. The molecule has 0 spiro atoms. The zero-order valence-corrected chi connectivity index (χ0v) is 15.7. The van der Waals surface area contributed by atoms with Crippen molar-refractivity contribution >= 4 is 17.5 Å². The van der Waals surface area contributed by atoms with E-state index in [9.17, 15) is 4.79 Å². The van der Waals surface area contributed by atoms with E-state index >= 15 is 0 Å². The number of rotatable bonds is 8. The molecule has 0 saturated heterocycles. The van der Waals surface area contributed by atoms with Gasteiger partial charge in [-0.05, 0) is 53.6 Å². The average Bonchev–Trinajstić information content (AvgIpc) is 2.59. The number of carbonyl (C=O) groups is 1. The first-order chi connectivity index (χ1) is 12.0. The number of hydrogen-bond donors (Lipinski definition) is 2. The van der Waals surface area contributed by atoms with E-state index in [-0.39, 0.29) is 11.8 Å². The summed E-state index contributed by atoms with van der Waals surface area (Å²) in [5.41, 5.74) is 9.04. The molecule has 0 fully saturated rings. The molecule has 0 bridgehead atoms. The first-order valence-corrected chi connectivity index (χ1v) is 9.17. The summed E-state index contributed by atoms with van der Waals surface area (Å²) in [6.07, 6.45) is 1.48. The first-order valence-electron chi connectivity index (χ1n) is 8.79. The maximum Gasteiger partial charge on any atom is 0.220 e. The molecule has 0 aromatic heterocycles.